The minimum atomic E-state index is 1.29. The van der Waals surface area contributed by atoms with Crippen molar-refractivity contribution in [2.45, 2.75) is 57.8 Å². The van der Waals surface area contributed by atoms with Crippen LogP contribution in [0, 0.1) is 6.42 Å². The minimum absolute atomic E-state index is 1.29. The molecule has 69 valence electrons. The molecule has 0 nitrogen and oxygen atoms in total. The van der Waals surface area contributed by atoms with E-state index in [4.69, 9.17) is 0 Å². The first-order chi connectivity index (χ1) is 6.00. The highest BCUT2D eigenvalue weighted by atomic mass is 14.0. The number of hydrogen-bond donors (Lipinski definition) is 0. The third kappa shape index (κ3) is 5.40. The molecule has 0 saturated carbocycles. The lowest BCUT2D eigenvalue weighted by Gasteiger charge is -2.02. The van der Waals surface area contributed by atoms with E-state index in [2.05, 4.69) is 18.6 Å². The lowest BCUT2D eigenvalue weighted by Crippen LogP contribution is -1.83. The van der Waals surface area contributed by atoms with Gasteiger partial charge in [-0.2, -0.15) is 0 Å². The summed E-state index contributed by atoms with van der Waals surface area (Å²) in [6.45, 7) is 0. The van der Waals surface area contributed by atoms with E-state index < -0.39 is 0 Å². The summed E-state index contributed by atoms with van der Waals surface area (Å²) in [6.07, 6.45) is 19.5. The van der Waals surface area contributed by atoms with E-state index in [9.17, 15) is 0 Å². The van der Waals surface area contributed by atoms with Crippen molar-refractivity contribution in [3.8, 4) is 0 Å². The topological polar surface area (TPSA) is 0 Å². The lowest BCUT2D eigenvalue weighted by molar-refractivity contribution is 0.625. The highest BCUT2D eigenvalue weighted by Crippen LogP contribution is 2.11. The van der Waals surface area contributed by atoms with Crippen LogP contribution in [0.5, 0.6) is 0 Å². The van der Waals surface area contributed by atoms with Crippen molar-refractivity contribution in [2.24, 2.45) is 0 Å². The first-order valence-electron chi connectivity index (χ1n) is 5.47. The standard InChI is InChI=1S/C12H21/c1-2-4-6-8-10-12-11-9-7-5-3-1/h1-2,9H,3-8,10-12H2/b2-1+. The molecular formula is C12H21. The Morgan fingerprint density at radius 3 is 1.92 bits per heavy atom. The van der Waals surface area contributed by atoms with Gasteiger partial charge in [-0.25, -0.2) is 0 Å². The second kappa shape index (κ2) is 7.39. The summed E-state index contributed by atoms with van der Waals surface area (Å²) in [7, 11) is 0. The zero-order valence-corrected chi connectivity index (χ0v) is 8.10. The van der Waals surface area contributed by atoms with Gasteiger partial charge in [-0.05, 0) is 38.5 Å². The third-order valence-electron chi connectivity index (χ3n) is 2.47. The highest BCUT2D eigenvalue weighted by Gasteiger charge is 1.93. The van der Waals surface area contributed by atoms with E-state index in [0.717, 1.165) is 0 Å². The monoisotopic (exact) mass is 165 g/mol. The first kappa shape index (κ1) is 9.83. The van der Waals surface area contributed by atoms with Gasteiger partial charge in [0, 0.05) is 0 Å². The van der Waals surface area contributed by atoms with E-state index in [1.165, 1.54) is 57.8 Å². The van der Waals surface area contributed by atoms with Gasteiger partial charge < -0.3 is 0 Å². The van der Waals surface area contributed by atoms with Crippen LogP contribution in [-0.2, 0) is 0 Å². The maximum atomic E-state index is 2.47. The van der Waals surface area contributed by atoms with Gasteiger partial charge >= 0.3 is 0 Å². The molecule has 0 N–H and O–H groups in total. The molecule has 0 aliphatic heterocycles. The average molecular weight is 165 g/mol. The summed E-state index contributed by atoms with van der Waals surface area (Å²) in [5.74, 6) is 0. The SMILES string of the molecule is [CH]1CCC/C=C/CCCCCC1. The van der Waals surface area contributed by atoms with Crippen molar-refractivity contribution in [3.63, 3.8) is 0 Å². The van der Waals surface area contributed by atoms with Crippen molar-refractivity contribution in [3.05, 3.63) is 18.6 Å². The molecule has 12 heavy (non-hydrogen) atoms. The van der Waals surface area contributed by atoms with E-state index in [1.54, 1.807) is 0 Å². The van der Waals surface area contributed by atoms with E-state index in [-0.39, 0.29) is 0 Å². The first-order valence-corrected chi connectivity index (χ1v) is 5.47. The Kier molecular flexibility index (Phi) is 6.05. The predicted molar refractivity (Wildman–Crippen MR) is 55.0 cm³/mol. The molecule has 0 heteroatoms. The van der Waals surface area contributed by atoms with Crippen molar-refractivity contribution in [1.82, 2.24) is 0 Å². The van der Waals surface area contributed by atoms with Gasteiger partial charge in [0.1, 0.15) is 0 Å². The van der Waals surface area contributed by atoms with Crippen LogP contribution in [0.2, 0.25) is 0 Å². The Bertz CT molecular complexity index is 99.2. The molecule has 0 heterocycles. The smallest absolute Gasteiger partial charge is 0.0351 e. The van der Waals surface area contributed by atoms with Crippen molar-refractivity contribution in [1.29, 1.82) is 0 Å². The molecule has 0 amide bonds. The Balaban J connectivity index is 2.10. The molecule has 1 rings (SSSR count). The molecule has 0 unspecified atom stereocenters. The van der Waals surface area contributed by atoms with Gasteiger partial charge in [0.2, 0.25) is 0 Å². The molecule has 0 fully saturated rings. The van der Waals surface area contributed by atoms with Crippen LogP contribution in [-0.4, -0.2) is 0 Å². The number of allylic oxidation sites excluding steroid dienone is 2. The van der Waals surface area contributed by atoms with E-state index in [1.807, 2.05) is 0 Å². The quantitative estimate of drug-likeness (QED) is 0.470. The Hall–Kier alpha value is -0.260. The second-order valence-electron chi connectivity index (χ2n) is 3.68. The van der Waals surface area contributed by atoms with Crippen LogP contribution in [0.1, 0.15) is 57.8 Å². The summed E-state index contributed by atoms with van der Waals surface area (Å²) >= 11 is 0. The van der Waals surface area contributed by atoms with Gasteiger partial charge in [0.05, 0.1) is 0 Å². The summed E-state index contributed by atoms with van der Waals surface area (Å²) < 4.78 is 0. The molecule has 0 saturated heterocycles. The molecule has 0 aromatic rings. The van der Waals surface area contributed by atoms with Gasteiger partial charge in [-0.1, -0.05) is 37.8 Å². The summed E-state index contributed by atoms with van der Waals surface area (Å²) in [6, 6.07) is 0. The Morgan fingerprint density at radius 2 is 1.08 bits per heavy atom. The van der Waals surface area contributed by atoms with Gasteiger partial charge in [0.15, 0.2) is 0 Å². The Labute approximate surface area is 77.1 Å². The molecule has 0 bridgehead atoms. The molecule has 0 aromatic heterocycles. The van der Waals surface area contributed by atoms with Crippen molar-refractivity contribution >= 4 is 0 Å². The zero-order chi connectivity index (χ0) is 8.49. The molecule has 0 aromatic carbocycles. The molecule has 0 atom stereocenters. The van der Waals surface area contributed by atoms with Crippen molar-refractivity contribution < 1.29 is 0 Å². The summed E-state index contributed by atoms with van der Waals surface area (Å²) in [5, 5.41) is 0. The fourth-order valence-corrected chi connectivity index (χ4v) is 1.66. The zero-order valence-electron chi connectivity index (χ0n) is 8.10. The van der Waals surface area contributed by atoms with Crippen LogP contribution >= 0.6 is 0 Å². The fourth-order valence-electron chi connectivity index (χ4n) is 1.66. The summed E-state index contributed by atoms with van der Waals surface area (Å²) in [5.41, 5.74) is 0. The largest absolute Gasteiger partial charge is 0.0885 e. The van der Waals surface area contributed by atoms with Crippen LogP contribution in [0.25, 0.3) is 0 Å². The molecule has 1 aliphatic rings. The number of rotatable bonds is 0. The number of hydrogen-bond acceptors (Lipinski definition) is 0. The molecule has 1 radical (unpaired) electrons. The lowest BCUT2D eigenvalue weighted by atomic mass is 10.0. The fraction of sp³-hybridized carbons (Fsp3) is 0.750. The maximum absolute atomic E-state index is 2.47. The predicted octanol–water partition coefficient (Wildman–Crippen LogP) is 4.27. The third-order valence-corrected chi connectivity index (χ3v) is 2.47. The average Bonchev–Trinajstić information content (AvgIpc) is 2.05. The van der Waals surface area contributed by atoms with Crippen LogP contribution in [0.4, 0.5) is 0 Å². The minimum Gasteiger partial charge on any atom is -0.0885 e. The van der Waals surface area contributed by atoms with Crippen LogP contribution < -0.4 is 0 Å². The van der Waals surface area contributed by atoms with E-state index >= 15 is 0 Å². The van der Waals surface area contributed by atoms with Gasteiger partial charge in [-0.3, -0.25) is 0 Å². The Morgan fingerprint density at radius 1 is 0.500 bits per heavy atom. The van der Waals surface area contributed by atoms with Crippen LogP contribution in [0.3, 0.4) is 0 Å². The second-order valence-corrected chi connectivity index (χ2v) is 3.68. The van der Waals surface area contributed by atoms with Crippen LogP contribution in [0.15, 0.2) is 12.2 Å². The van der Waals surface area contributed by atoms with E-state index in [0.29, 0.717) is 0 Å². The highest BCUT2D eigenvalue weighted by molar-refractivity contribution is 4.82. The molecular weight excluding hydrogens is 144 g/mol. The molecule has 0 spiro atoms. The van der Waals surface area contributed by atoms with Gasteiger partial charge in [0.25, 0.3) is 0 Å². The van der Waals surface area contributed by atoms with Gasteiger partial charge in [-0.15, -0.1) is 0 Å². The molecule has 1 aliphatic carbocycles. The maximum Gasteiger partial charge on any atom is -0.0351 e. The van der Waals surface area contributed by atoms with Crippen molar-refractivity contribution in [2.75, 3.05) is 0 Å². The normalized spacial score (nSPS) is 25.3. The summed E-state index contributed by atoms with van der Waals surface area (Å²) in [4.78, 5) is 0.